The molecular formula is C13H18N6O3. The Balaban J connectivity index is 1.95. The number of tetrazole rings is 1. The van der Waals surface area contributed by atoms with Crippen LogP contribution in [0, 0.1) is 0 Å². The summed E-state index contributed by atoms with van der Waals surface area (Å²) in [6.45, 7) is 5.87. The summed E-state index contributed by atoms with van der Waals surface area (Å²) in [4.78, 5) is 16.1. The molecule has 2 rings (SSSR count). The van der Waals surface area contributed by atoms with Gasteiger partial charge in [-0.2, -0.15) is 9.78 Å². The van der Waals surface area contributed by atoms with E-state index in [0.717, 1.165) is 0 Å². The number of ether oxygens (including phenoxy) is 1. The van der Waals surface area contributed by atoms with Crippen LogP contribution >= 0.6 is 0 Å². The minimum Gasteiger partial charge on any atom is -0.479 e. The van der Waals surface area contributed by atoms with E-state index in [0.29, 0.717) is 18.2 Å². The van der Waals surface area contributed by atoms with Gasteiger partial charge in [0.25, 0.3) is 0 Å². The number of nitrogens with one attached hydrogen (secondary N) is 1. The summed E-state index contributed by atoms with van der Waals surface area (Å²) in [7, 11) is 0. The largest absolute Gasteiger partial charge is 0.479 e. The Morgan fingerprint density at radius 2 is 2.18 bits per heavy atom. The van der Waals surface area contributed by atoms with Gasteiger partial charge in [-0.15, -0.1) is 10.2 Å². The van der Waals surface area contributed by atoms with Gasteiger partial charge in [0.2, 0.25) is 5.88 Å². The number of nitrogens with zero attached hydrogens (tertiary/aromatic N) is 5. The van der Waals surface area contributed by atoms with E-state index in [9.17, 15) is 4.79 Å². The molecule has 118 valence electrons. The van der Waals surface area contributed by atoms with Crippen LogP contribution in [0.2, 0.25) is 0 Å². The number of hydrogen-bond donors (Lipinski definition) is 2. The molecule has 0 atom stereocenters. The maximum Gasteiger partial charge on any atom is 0.341 e. The van der Waals surface area contributed by atoms with Crippen LogP contribution in [0.1, 0.15) is 26.6 Å². The van der Waals surface area contributed by atoms with Gasteiger partial charge >= 0.3 is 5.97 Å². The Bertz CT molecular complexity index is 649. The Labute approximate surface area is 127 Å². The van der Waals surface area contributed by atoms with Crippen molar-refractivity contribution in [3.8, 4) is 5.88 Å². The Morgan fingerprint density at radius 1 is 1.41 bits per heavy atom. The fraction of sp³-hybridized carbons (Fsp3) is 0.462. The van der Waals surface area contributed by atoms with Crippen LogP contribution in [0.25, 0.3) is 0 Å². The number of aromatic nitrogens is 5. The number of pyridine rings is 1. The molecule has 0 bridgehead atoms. The number of aliphatic carboxylic acids is 1. The van der Waals surface area contributed by atoms with Gasteiger partial charge in [0.1, 0.15) is 5.82 Å². The van der Waals surface area contributed by atoms with E-state index in [1.54, 1.807) is 23.0 Å². The lowest BCUT2D eigenvalue weighted by atomic mass is 10.1. The zero-order chi connectivity index (χ0) is 16.2. The lowest BCUT2D eigenvalue weighted by molar-refractivity contribution is -0.139. The lowest BCUT2D eigenvalue weighted by Crippen LogP contribution is -2.24. The van der Waals surface area contributed by atoms with Gasteiger partial charge in [-0.25, -0.2) is 4.79 Å². The third-order valence-electron chi connectivity index (χ3n) is 2.55. The summed E-state index contributed by atoms with van der Waals surface area (Å²) < 4.78 is 5.01. The van der Waals surface area contributed by atoms with Gasteiger partial charge in [0.05, 0.1) is 12.1 Å². The highest BCUT2D eigenvalue weighted by atomic mass is 16.5. The van der Waals surface area contributed by atoms with E-state index in [1.165, 1.54) is 0 Å². The molecule has 0 fully saturated rings. The predicted molar refractivity (Wildman–Crippen MR) is 77.5 cm³/mol. The Kier molecular flexibility index (Phi) is 4.54. The average molecular weight is 306 g/mol. The molecule has 2 aromatic heterocycles. The molecule has 0 aliphatic carbocycles. The zero-order valence-corrected chi connectivity index (χ0v) is 12.6. The zero-order valence-electron chi connectivity index (χ0n) is 12.6. The fourth-order valence-corrected chi connectivity index (χ4v) is 1.50. The van der Waals surface area contributed by atoms with E-state index in [1.807, 2.05) is 20.8 Å². The second-order valence-corrected chi connectivity index (χ2v) is 5.56. The summed E-state index contributed by atoms with van der Waals surface area (Å²) in [5.74, 6) is 0.255. The van der Waals surface area contributed by atoms with Crippen LogP contribution in [-0.4, -0.2) is 42.9 Å². The smallest absolute Gasteiger partial charge is 0.341 e. The number of hydrogen-bond acceptors (Lipinski definition) is 7. The molecule has 9 nitrogen and oxygen atoms in total. The van der Waals surface area contributed by atoms with Crippen molar-refractivity contribution in [2.45, 2.75) is 32.9 Å². The van der Waals surface area contributed by atoms with Gasteiger partial charge in [-0.3, -0.25) is 0 Å². The summed E-state index contributed by atoms with van der Waals surface area (Å²) >= 11 is 0. The van der Waals surface area contributed by atoms with E-state index in [-0.39, 0.29) is 11.4 Å². The molecule has 22 heavy (non-hydrogen) atoms. The monoisotopic (exact) mass is 306 g/mol. The number of carboxylic acid groups (broad SMARTS) is 1. The van der Waals surface area contributed by atoms with Crippen molar-refractivity contribution in [2.75, 3.05) is 11.9 Å². The minimum absolute atomic E-state index is 0.228. The van der Waals surface area contributed by atoms with Gasteiger partial charge in [-0.05, 0) is 32.1 Å². The molecule has 0 amide bonds. The molecule has 0 saturated carbocycles. The molecule has 0 spiro atoms. The van der Waals surface area contributed by atoms with Crippen LogP contribution in [0.3, 0.4) is 0 Å². The van der Waals surface area contributed by atoms with Gasteiger partial charge in [0, 0.05) is 6.07 Å². The second kappa shape index (κ2) is 6.37. The Morgan fingerprint density at radius 3 is 2.82 bits per heavy atom. The molecule has 0 radical (unpaired) electrons. The highest BCUT2D eigenvalue weighted by Crippen LogP contribution is 2.12. The van der Waals surface area contributed by atoms with Crippen molar-refractivity contribution in [3.05, 3.63) is 24.0 Å². The average Bonchev–Trinajstić information content (AvgIpc) is 2.92. The summed E-state index contributed by atoms with van der Waals surface area (Å²) in [5, 5.41) is 23.8. The van der Waals surface area contributed by atoms with E-state index >= 15 is 0 Å². The quantitative estimate of drug-likeness (QED) is 0.808. The van der Waals surface area contributed by atoms with Crippen LogP contribution in [0.5, 0.6) is 5.88 Å². The number of anilines is 1. The number of carbonyl (C=O) groups is 1. The van der Waals surface area contributed by atoms with Crippen LogP contribution in [-0.2, 0) is 16.9 Å². The molecule has 0 unspecified atom stereocenters. The number of rotatable bonds is 6. The predicted octanol–water partition coefficient (Wildman–Crippen LogP) is 0.899. The van der Waals surface area contributed by atoms with Crippen molar-refractivity contribution < 1.29 is 14.6 Å². The standard InChI is InChI=1S/C13H18N6O3/c1-13(2,3)19-17-10(16-18-19)7-14-9-5-4-6-11(15-9)22-8-12(20)21/h4-6H,7-8H2,1-3H3,(H,14,15)(H,20,21). The maximum atomic E-state index is 10.5. The van der Waals surface area contributed by atoms with Gasteiger partial charge < -0.3 is 15.2 Å². The van der Waals surface area contributed by atoms with E-state index < -0.39 is 12.6 Å². The fourth-order valence-electron chi connectivity index (χ4n) is 1.50. The van der Waals surface area contributed by atoms with Gasteiger partial charge in [-0.1, -0.05) is 6.07 Å². The topological polar surface area (TPSA) is 115 Å². The van der Waals surface area contributed by atoms with E-state index in [4.69, 9.17) is 9.84 Å². The molecule has 0 saturated heterocycles. The van der Waals surface area contributed by atoms with Crippen LogP contribution in [0.15, 0.2) is 18.2 Å². The van der Waals surface area contributed by atoms with Crippen molar-refractivity contribution in [2.24, 2.45) is 0 Å². The molecule has 0 aliphatic heterocycles. The van der Waals surface area contributed by atoms with Gasteiger partial charge in [0.15, 0.2) is 12.4 Å². The Hall–Kier alpha value is -2.71. The highest BCUT2D eigenvalue weighted by molar-refractivity contribution is 5.68. The molecule has 9 heteroatoms. The first kappa shape index (κ1) is 15.7. The molecule has 2 N–H and O–H groups in total. The second-order valence-electron chi connectivity index (χ2n) is 5.56. The molecule has 2 aromatic rings. The summed E-state index contributed by atoms with van der Waals surface area (Å²) in [6, 6.07) is 5.04. The first-order valence-electron chi connectivity index (χ1n) is 6.69. The molecule has 2 heterocycles. The van der Waals surface area contributed by atoms with Crippen LogP contribution < -0.4 is 10.1 Å². The van der Waals surface area contributed by atoms with Crippen LogP contribution in [0.4, 0.5) is 5.82 Å². The third kappa shape index (κ3) is 4.40. The highest BCUT2D eigenvalue weighted by Gasteiger charge is 2.16. The number of carboxylic acids is 1. The van der Waals surface area contributed by atoms with E-state index in [2.05, 4.69) is 25.7 Å². The molecule has 0 aliphatic rings. The third-order valence-corrected chi connectivity index (χ3v) is 2.55. The first-order chi connectivity index (χ1) is 10.3. The van der Waals surface area contributed by atoms with Crippen molar-refractivity contribution >= 4 is 11.8 Å². The van der Waals surface area contributed by atoms with Crippen molar-refractivity contribution in [1.82, 2.24) is 25.2 Å². The molecule has 0 aromatic carbocycles. The summed E-state index contributed by atoms with van der Waals surface area (Å²) in [5.41, 5.74) is -0.228. The van der Waals surface area contributed by atoms with Crippen molar-refractivity contribution in [1.29, 1.82) is 0 Å². The lowest BCUT2D eigenvalue weighted by Gasteiger charge is -2.15. The summed E-state index contributed by atoms with van der Waals surface area (Å²) in [6.07, 6.45) is 0. The SMILES string of the molecule is CC(C)(C)n1nnc(CNc2cccc(OCC(=O)O)n2)n1. The molecular weight excluding hydrogens is 288 g/mol. The minimum atomic E-state index is -1.05. The normalized spacial score (nSPS) is 11.2. The van der Waals surface area contributed by atoms with Crippen molar-refractivity contribution in [3.63, 3.8) is 0 Å². The maximum absolute atomic E-state index is 10.5. The first-order valence-corrected chi connectivity index (χ1v) is 6.69.